The van der Waals surface area contributed by atoms with Crippen LogP contribution in [0.3, 0.4) is 0 Å². The van der Waals surface area contributed by atoms with Crippen molar-refractivity contribution in [3.05, 3.63) is 0 Å². The van der Waals surface area contributed by atoms with Crippen LogP contribution in [0.2, 0.25) is 0 Å². The van der Waals surface area contributed by atoms with Crippen molar-refractivity contribution in [1.29, 1.82) is 0 Å². The van der Waals surface area contributed by atoms with Crippen LogP contribution in [-0.2, 0) is 14.3 Å². The molecule has 1 rings (SSSR count). The molecule has 0 aliphatic carbocycles. The normalized spacial score (nSPS) is 26.8. The summed E-state index contributed by atoms with van der Waals surface area (Å²) in [7, 11) is 0. The molecule has 160 valence electrons. The first-order valence-corrected chi connectivity index (χ1v) is 10.4. The van der Waals surface area contributed by atoms with Gasteiger partial charge in [0.25, 0.3) is 0 Å². The van der Waals surface area contributed by atoms with E-state index in [0.717, 1.165) is 38.5 Å². The van der Waals surface area contributed by atoms with E-state index in [1.165, 1.54) is 19.3 Å². The van der Waals surface area contributed by atoms with E-state index in [-0.39, 0.29) is 12.5 Å². The fourth-order valence-electron chi connectivity index (χ4n) is 3.32. The summed E-state index contributed by atoms with van der Waals surface area (Å²) >= 11 is 0. The first kappa shape index (κ1) is 24.3. The van der Waals surface area contributed by atoms with Gasteiger partial charge in [0.1, 0.15) is 6.10 Å². The van der Waals surface area contributed by atoms with E-state index in [2.05, 4.69) is 0 Å². The third-order valence-electron chi connectivity index (χ3n) is 5.06. The third-order valence-corrected chi connectivity index (χ3v) is 5.06. The lowest BCUT2D eigenvalue weighted by atomic mass is 10.0. The molecule has 1 heterocycles. The molecule has 5 unspecified atom stereocenters. The van der Waals surface area contributed by atoms with Gasteiger partial charge in [-0.15, -0.1) is 0 Å². The Labute approximate surface area is 162 Å². The Morgan fingerprint density at radius 1 is 1.00 bits per heavy atom. The summed E-state index contributed by atoms with van der Waals surface area (Å²) in [5.74, 6) is -0.941. The molecule has 0 bridgehead atoms. The van der Waals surface area contributed by atoms with Crippen LogP contribution in [0, 0.1) is 0 Å². The van der Waals surface area contributed by atoms with E-state index < -0.39 is 30.6 Å². The van der Waals surface area contributed by atoms with Gasteiger partial charge < -0.3 is 29.9 Å². The highest BCUT2D eigenvalue weighted by atomic mass is 16.7. The molecule has 1 saturated heterocycles. The largest absolute Gasteiger partial charge is 0.481 e. The Balaban J connectivity index is 1.85. The average molecular weight is 391 g/mol. The van der Waals surface area contributed by atoms with Crippen molar-refractivity contribution in [2.75, 3.05) is 6.61 Å². The topological polar surface area (TPSA) is 116 Å². The highest BCUT2D eigenvalue weighted by molar-refractivity contribution is 5.67. The van der Waals surface area contributed by atoms with Gasteiger partial charge in [0.15, 0.2) is 6.29 Å². The Kier molecular flexibility index (Phi) is 12.9. The number of carbonyl (C=O) groups is 1. The summed E-state index contributed by atoms with van der Waals surface area (Å²) in [5.41, 5.74) is 0. The van der Waals surface area contributed by atoms with E-state index in [1.807, 2.05) is 0 Å². The van der Waals surface area contributed by atoms with E-state index in [4.69, 9.17) is 14.6 Å². The van der Waals surface area contributed by atoms with Crippen molar-refractivity contribution >= 4 is 5.97 Å². The van der Waals surface area contributed by atoms with Gasteiger partial charge in [-0.2, -0.15) is 0 Å². The molecule has 0 saturated carbocycles. The van der Waals surface area contributed by atoms with Gasteiger partial charge in [-0.25, -0.2) is 0 Å². The molecule has 0 aromatic carbocycles. The van der Waals surface area contributed by atoms with Crippen LogP contribution in [0.4, 0.5) is 0 Å². The van der Waals surface area contributed by atoms with E-state index >= 15 is 0 Å². The molecule has 4 N–H and O–H groups in total. The first-order valence-electron chi connectivity index (χ1n) is 10.4. The Hall–Kier alpha value is -0.730. The molecular formula is C20H38O7. The number of carboxylic acid groups (broad SMARTS) is 1. The number of unbranched alkanes of at least 4 members (excludes halogenated alkanes) is 8. The molecule has 7 heteroatoms. The van der Waals surface area contributed by atoms with Crippen LogP contribution >= 0.6 is 0 Å². The second-order valence-electron chi connectivity index (χ2n) is 7.67. The van der Waals surface area contributed by atoms with Crippen LogP contribution in [0.5, 0.6) is 0 Å². The van der Waals surface area contributed by atoms with Crippen molar-refractivity contribution in [2.45, 2.75) is 115 Å². The first-order chi connectivity index (χ1) is 12.9. The highest BCUT2D eigenvalue weighted by Gasteiger charge is 2.34. The summed E-state index contributed by atoms with van der Waals surface area (Å²) < 4.78 is 11.1. The summed E-state index contributed by atoms with van der Waals surface area (Å²) in [6.45, 7) is 2.34. The lowest BCUT2D eigenvalue weighted by Gasteiger charge is -2.35. The predicted molar refractivity (Wildman–Crippen MR) is 101 cm³/mol. The van der Waals surface area contributed by atoms with Crippen molar-refractivity contribution in [3.8, 4) is 0 Å². The standard InChI is InChI=1S/C20H38O7/c1-15-17(22)14-18(23)20(27-15)26-12-10-8-6-4-2-3-5-7-9-11-16(21)13-19(24)25/h15-18,20-23H,2-14H2,1H3,(H,24,25). The number of aliphatic carboxylic acids is 1. The monoisotopic (exact) mass is 390 g/mol. The number of aliphatic hydroxyl groups is 3. The fourth-order valence-corrected chi connectivity index (χ4v) is 3.32. The van der Waals surface area contributed by atoms with Gasteiger partial charge in [-0.3, -0.25) is 4.79 Å². The lowest BCUT2D eigenvalue weighted by Crippen LogP contribution is -2.47. The Morgan fingerprint density at radius 3 is 2.15 bits per heavy atom. The predicted octanol–water partition coefficient (Wildman–Crippen LogP) is 2.60. The average Bonchev–Trinajstić information content (AvgIpc) is 2.59. The van der Waals surface area contributed by atoms with E-state index in [0.29, 0.717) is 19.4 Å². The molecule has 5 atom stereocenters. The van der Waals surface area contributed by atoms with E-state index in [1.54, 1.807) is 6.92 Å². The Bertz CT molecular complexity index is 391. The van der Waals surface area contributed by atoms with Crippen LogP contribution in [0.25, 0.3) is 0 Å². The van der Waals surface area contributed by atoms with Gasteiger partial charge in [-0.1, -0.05) is 51.4 Å². The van der Waals surface area contributed by atoms with Gasteiger partial charge in [0, 0.05) is 13.0 Å². The zero-order chi connectivity index (χ0) is 20.1. The molecule has 0 aromatic rings. The highest BCUT2D eigenvalue weighted by Crippen LogP contribution is 2.21. The smallest absolute Gasteiger partial charge is 0.305 e. The second-order valence-corrected chi connectivity index (χ2v) is 7.67. The Morgan fingerprint density at radius 2 is 1.56 bits per heavy atom. The molecule has 1 aliphatic heterocycles. The van der Waals surface area contributed by atoms with Crippen molar-refractivity contribution < 1.29 is 34.7 Å². The van der Waals surface area contributed by atoms with Gasteiger partial charge in [0.05, 0.1) is 24.7 Å². The summed E-state index contributed by atoms with van der Waals surface area (Å²) in [6.07, 6.45) is 7.47. The zero-order valence-electron chi connectivity index (χ0n) is 16.6. The van der Waals surface area contributed by atoms with Crippen LogP contribution in [0.1, 0.15) is 84.0 Å². The molecule has 1 fully saturated rings. The molecular weight excluding hydrogens is 352 g/mol. The molecule has 0 spiro atoms. The minimum Gasteiger partial charge on any atom is -0.481 e. The maximum atomic E-state index is 10.4. The number of hydrogen-bond donors (Lipinski definition) is 4. The van der Waals surface area contributed by atoms with Crippen molar-refractivity contribution in [1.82, 2.24) is 0 Å². The lowest BCUT2D eigenvalue weighted by molar-refractivity contribution is -0.261. The van der Waals surface area contributed by atoms with E-state index in [9.17, 15) is 20.1 Å². The SMILES string of the molecule is CC1OC(OCCCCCCCCCCCC(O)CC(=O)O)C(O)CC1O. The van der Waals surface area contributed by atoms with Gasteiger partial charge in [0.2, 0.25) is 0 Å². The third kappa shape index (κ3) is 11.7. The summed E-state index contributed by atoms with van der Waals surface area (Å²) in [4.78, 5) is 10.4. The summed E-state index contributed by atoms with van der Waals surface area (Å²) in [5, 5.41) is 37.5. The zero-order valence-corrected chi connectivity index (χ0v) is 16.6. The fraction of sp³-hybridized carbons (Fsp3) is 0.950. The number of rotatable bonds is 15. The summed E-state index contributed by atoms with van der Waals surface area (Å²) in [6, 6.07) is 0. The maximum Gasteiger partial charge on any atom is 0.305 e. The molecule has 27 heavy (non-hydrogen) atoms. The molecule has 0 aromatic heterocycles. The van der Waals surface area contributed by atoms with Crippen molar-refractivity contribution in [2.24, 2.45) is 0 Å². The minimum absolute atomic E-state index is 0.156. The number of carboxylic acids is 1. The number of ether oxygens (including phenoxy) is 2. The number of aliphatic hydroxyl groups excluding tert-OH is 3. The molecule has 0 amide bonds. The maximum absolute atomic E-state index is 10.4. The molecule has 1 aliphatic rings. The quantitative estimate of drug-likeness (QED) is 0.318. The second kappa shape index (κ2) is 14.3. The van der Waals surface area contributed by atoms with Crippen molar-refractivity contribution in [3.63, 3.8) is 0 Å². The van der Waals surface area contributed by atoms with Gasteiger partial charge >= 0.3 is 5.97 Å². The van der Waals surface area contributed by atoms with Crippen LogP contribution in [-0.4, -0.2) is 63.7 Å². The number of hydrogen-bond acceptors (Lipinski definition) is 6. The molecule has 0 radical (unpaired) electrons. The molecule has 7 nitrogen and oxygen atoms in total. The van der Waals surface area contributed by atoms with Gasteiger partial charge in [-0.05, 0) is 19.8 Å². The minimum atomic E-state index is -0.941. The van der Waals surface area contributed by atoms with Crippen LogP contribution < -0.4 is 0 Å². The van der Waals surface area contributed by atoms with Crippen LogP contribution in [0.15, 0.2) is 0 Å².